The number of nitrogens with zero attached hydrogens (tertiary/aromatic N) is 1. The fourth-order valence-corrected chi connectivity index (χ4v) is 2.42. The number of piperazine rings is 1. The van der Waals surface area contributed by atoms with E-state index in [9.17, 15) is 13.6 Å². The fraction of sp³-hybridized carbons (Fsp3) is 0.562. The van der Waals surface area contributed by atoms with E-state index < -0.39 is 17.2 Å². The molecule has 0 radical (unpaired) electrons. The molecular formula is C16H22F2N2O2. The molecule has 1 fully saturated rings. The molecule has 1 heterocycles. The third-order valence-electron chi connectivity index (χ3n) is 3.38. The number of hydrogen-bond donors (Lipinski definition) is 1. The van der Waals surface area contributed by atoms with Crippen LogP contribution in [0.2, 0.25) is 0 Å². The lowest BCUT2D eigenvalue weighted by Crippen LogP contribution is -2.54. The van der Waals surface area contributed by atoms with Gasteiger partial charge in [0.05, 0.1) is 0 Å². The second kappa shape index (κ2) is 6.60. The maximum atomic E-state index is 13.7. The molecule has 1 N–H and O–H groups in total. The van der Waals surface area contributed by atoms with Crippen LogP contribution in [0.15, 0.2) is 18.2 Å². The molecule has 1 atom stereocenters. The number of carbonyl (C=O) groups excluding carboxylic acids is 1. The molecule has 2 rings (SSSR count). The maximum Gasteiger partial charge on any atom is 0.410 e. The molecule has 0 unspecified atom stereocenters. The monoisotopic (exact) mass is 312 g/mol. The average molecular weight is 312 g/mol. The third-order valence-corrected chi connectivity index (χ3v) is 3.38. The van der Waals surface area contributed by atoms with E-state index in [0.717, 1.165) is 12.1 Å². The van der Waals surface area contributed by atoms with Crippen LogP contribution in [-0.4, -0.2) is 42.3 Å². The first-order valence-electron chi connectivity index (χ1n) is 7.40. The van der Waals surface area contributed by atoms with Crippen LogP contribution < -0.4 is 5.32 Å². The molecule has 0 aromatic heterocycles. The molecule has 6 heteroatoms. The predicted molar refractivity (Wildman–Crippen MR) is 79.7 cm³/mol. The lowest BCUT2D eigenvalue weighted by molar-refractivity contribution is 0.0195. The summed E-state index contributed by atoms with van der Waals surface area (Å²) in [5, 5.41) is 3.22. The Hall–Kier alpha value is -1.69. The van der Waals surface area contributed by atoms with Crippen molar-refractivity contribution in [1.82, 2.24) is 10.2 Å². The van der Waals surface area contributed by atoms with Crippen molar-refractivity contribution in [1.29, 1.82) is 0 Å². The highest BCUT2D eigenvalue weighted by atomic mass is 19.1. The largest absolute Gasteiger partial charge is 0.444 e. The van der Waals surface area contributed by atoms with Gasteiger partial charge < -0.3 is 15.0 Å². The van der Waals surface area contributed by atoms with Gasteiger partial charge in [0, 0.05) is 25.7 Å². The highest BCUT2D eigenvalue weighted by molar-refractivity contribution is 5.68. The van der Waals surface area contributed by atoms with Crippen LogP contribution in [0.4, 0.5) is 13.6 Å². The standard InChI is InChI=1S/C16H22F2N2O2/c1-16(2,3)22-15(21)20-7-6-19-13(10-20)9-11-8-12(17)4-5-14(11)18/h4-5,8,13,19H,6-7,9-10H2,1-3H3/t13-/m0/s1. The number of carbonyl (C=O) groups is 1. The molecule has 22 heavy (non-hydrogen) atoms. The molecule has 1 aromatic carbocycles. The maximum absolute atomic E-state index is 13.7. The Balaban J connectivity index is 1.98. The Kier molecular flexibility index (Phi) is 5.01. The third kappa shape index (κ3) is 4.66. The second-order valence-electron chi connectivity index (χ2n) is 6.52. The minimum absolute atomic E-state index is 0.127. The molecule has 1 aliphatic heterocycles. The van der Waals surface area contributed by atoms with Gasteiger partial charge in [-0.05, 0) is 51.0 Å². The summed E-state index contributed by atoms with van der Waals surface area (Å²) < 4.78 is 32.3. The van der Waals surface area contributed by atoms with E-state index in [1.807, 2.05) is 20.8 Å². The highest BCUT2D eigenvalue weighted by Gasteiger charge is 2.27. The van der Waals surface area contributed by atoms with Crippen molar-refractivity contribution < 1.29 is 18.3 Å². The van der Waals surface area contributed by atoms with Gasteiger partial charge in [0.2, 0.25) is 0 Å². The average Bonchev–Trinajstić information content (AvgIpc) is 2.41. The number of hydrogen-bond acceptors (Lipinski definition) is 3. The molecule has 1 aromatic rings. The molecule has 4 nitrogen and oxygen atoms in total. The van der Waals surface area contributed by atoms with E-state index >= 15 is 0 Å². The van der Waals surface area contributed by atoms with Crippen molar-refractivity contribution in [2.45, 2.75) is 38.8 Å². The summed E-state index contributed by atoms with van der Waals surface area (Å²) in [5.41, 5.74) is -0.241. The number of ether oxygens (including phenoxy) is 1. The van der Waals surface area contributed by atoms with Crippen LogP contribution in [0.25, 0.3) is 0 Å². The van der Waals surface area contributed by atoms with Crippen molar-refractivity contribution in [3.8, 4) is 0 Å². The van der Waals surface area contributed by atoms with Gasteiger partial charge in [0.25, 0.3) is 0 Å². The zero-order valence-corrected chi connectivity index (χ0v) is 13.2. The van der Waals surface area contributed by atoms with Gasteiger partial charge in [-0.3, -0.25) is 0 Å². The number of nitrogens with one attached hydrogen (secondary N) is 1. The SMILES string of the molecule is CC(C)(C)OC(=O)N1CCN[C@@H](Cc2cc(F)ccc2F)C1. The summed E-state index contributed by atoms with van der Waals surface area (Å²) >= 11 is 0. The van der Waals surface area contributed by atoms with Gasteiger partial charge in [0.1, 0.15) is 17.2 Å². The summed E-state index contributed by atoms with van der Waals surface area (Å²) in [6.45, 7) is 6.98. The van der Waals surface area contributed by atoms with Crippen molar-refractivity contribution in [3.63, 3.8) is 0 Å². The number of rotatable bonds is 2. The molecule has 1 amide bonds. The molecule has 1 aliphatic rings. The topological polar surface area (TPSA) is 41.6 Å². The molecular weight excluding hydrogens is 290 g/mol. The minimum Gasteiger partial charge on any atom is -0.444 e. The second-order valence-corrected chi connectivity index (χ2v) is 6.52. The predicted octanol–water partition coefficient (Wildman–Crippen LogP) is 2.72. The summed E-state index contributed by atoms with van der Waals surface area (Å²) in [5.74, 6) is -0.895. The zero-order valence-electron chi connectivity index (χ0n) is 13.2. The summed E-state index contributed by atoms with van der Waals surface area (Å²) in [4.78, 5) is 13.7. The molecule has 0 saturated carbocycles. The van der Waals surface area contributed by atoms with E-state index in [0.29, 0.717) is 31.6 Å². The van der Waals surface area contributed by atoms with E-state index in [-0.39, 0.29) is 12.1 Å². The van der Waals surface area contributed by atoms with Gasteiger partial charge in [-0.2, -0.15) is 0 Å². The van der Waals surface area contributed by atoms with Crippen molar-refractivity contribution in [2.24, 2.45) is 0 Å². The Labute approximate surface area is 129 Å². The van der Waals surface area contributed by atoms with Crippen molar-refractivity contribution in [3.05, 3.63) is 35.4 Å². The Morgan fingerprint density at radius 3 is 2.82 bits per heavy atom. The van der Waals surface area contributed by atoms with Crippen LogP contribution >= 0.6 is 0 Å². The Morgan fingerprint density at radius 1 is 1.41 bits per heavy atom. The van der Waals surface area contributed by atoms with Crippen LogP contribution in [-0.2, 0) is 11.2 Å². The zero-order chi connectivity index (χ0) is 16.3. The molecule has 0 aliphatic carbocycles. The van der Waals surface area contributed by atoms with E-state index in [2.05, 4.69) is 5.32 Å². The number of amides is 1. The quantitative estimate of drug-likeness (QED) is 0.913. The first kappa shape index (κ1) is 16.7. The lowest BCUT2D eigenvalue weighted by Gasteiger charge is -2.35. The normalized spacial score (nSPS) is 19.1. The van der Waals surface area contributed by atoms with E-state index in [1.54, 1.807) is 4.90 Å². The summed E-state index contributed by atoms with van der Waals surface area (Å²) in [7, 11) is 0. The molecule has 0 spiro atoms. The highest BCUT2D eigenvalue weighted by Crippen LogP contribution is 2.15. The van der Waals surface area contributed by atoms with Gasteiger partial charge in [-0.25, -0.2) is 13.6 Å². The van der Waals surface area contributed by atoms with E-state index in [4.69, 9.17) is 4.74 Å². The van der Waals surface area contributed by atoms with Gasteiger partial charge in [-0.15, -0.1) is 0 Å². The van der Waals surface area contributed by atoms with E-state index in [1.165, 1.54) is 6.07 Å². The van der Waals surface area contributed by atoms with Crippen LogP contribution in [0.3, 0.4) is 0 Å². The fourth-order valence-electron chi connectivity index (χ4n) is 2.42. The lowest BCUT2D eigenvalue weighted by atomic mass is 10.0. The first-order valence-corrected chi connectivity index (χ1v) is 7.40. The van der Waals surface area contributed by atoms with Crippen molar-refractivity contribution in [2.75, 3.05) is 19.6 Å². The number of halogens is 2. The van der Waals surface area contributed by atoms with Gasteiger partial charge >= 0.3 is 6.09 Å². The first-order chi connectivity index (χ1) is 10.2. The van der Waals surface area contributed by atoms with Gasteiger partial charge in [0.15, 0.2) is 0 Å². The van der Waals surface area contributed by atoms with Gasteiger partial charge in [-0.1, -0.05) is 0 Å². The van der Waals surface area contributed by atoms with Crippen molar-refractivity contribution >= 4 is 6.09 Å². The number of benzene rings is 1. The molecule has 0 bridgehead atoms. The Morgan fingerprint density at radius 2 is 2.14 bits per heavy atom. The minimum atomic E-state index is -0.549. The Bertz CT molecular complexity index is 543. The van der Waals surface area contributed by atoms with Crippen LogP contribution in [0.5, 0.6) is 0 Å². The van der Waals surface area contributed by atoms with Crippen LogP contribution in [0, 0.1) is 11.6 Å². The molecule has 1 saturated heterocycles. The summed E-state index contributed by atoms with van der Waals surface area (Å²) in [6.07, 6.45) is -0.0539. The molecule has 122 valence electrons. The summed E-state index contributed by atoms with van der Waals surface area (Å²) in [6, 6.07) is 3.29. The van der Waals surface area contributed by atoms with Crippen LogP contribution in [0.1, 0.15) is 26.3 Å². The smallest absolute Gasteiger partial charge is 0.410 e.